The van der Waals surface area contributed by atoms with Crippen LogP contribution in [0.25, 0.3) is 22.0 Å². The highest BCUT2D eigenvalue weighted by molar-refractivity contribution is 6.30. The lowest BCUT2D eigenvalue weighted by molar-refractivity contribution is 0.117. The number of nitrogens with zero attached hydrogens (tertiary/aromatic N) is 3. The van der Waals surface area contributed by atoms with Crippen LogP contribution in [-0.4, -0.2) is 25.8 Å². The van der Waals surface area contributed by atoms with E-state index in [0.717, 1.165) is 46.2 Å². The molecule has 0 saturated heterocycles. The van der Waals surface area contributed by atoms with Gasteiger partial charge in [0.1, 0.15) is 0 Å². The number of benzene rings is 3. The molecule has 0 amide bonds. The summed E-state index contributed by atoms with van der Waals surface area (Å²) in [6.45, 7) is 6.07. The van der Waals surface area contributed by atoms with Crippen LogP contribution in [0.15, 0.2) is 90.1 Å². The van der Waals surface area contributed by atoms with Gasteiger partial charge in [0.15, 0.2) is 5.60 Å². The van der Waals surface area contributed by atoms with Crippen molar-refractivity contribution in [3.8, 4) is 11.1 Å². The zero-order valence-electron chi connectivity index (χ0n) is 22.6. The first-order valence-electron chi connectivity index (χ1n) is 13.1. The highest BCUT2D eigenvalue weighted by Gasteiger charge is 2.37. The summed E-state index contributed by atoms with van der Waals surface area (Å²) in [5, 5.41) is 17.5. The summed E-state index contributed by atoms with van der Waals surface area (Å²) in [6.07, 6.45) is 3.38. The molecule has 2 heterocycles. The van der Waals surface area contributed by atoms with Gasteiger partial charge in [-0.15, -0.1) is 0 Å². The Balaban J connectivity index is 1.68. The van der Waals surface area contributed by atoms with Crippen molar-refractivity contribution in [3.63, 3.8) is 0 Å². The van der Waals surface area contributed by atoms with E-state index >= 15 is 0 Å². The summed E-state index contributed by atoms with van der Waals surface area (Å²) >= 11 is 6.31. The van der Waals surface area contributed by atoms with Gasteiger partial charge >= 0.3 is 0 Å². The first-order chi connectivity index (χ1) is 18.7. The minimum Gasteiger partial charge on any atom is -0.374 e. The second-order valence-corrected chi connectivity index (χ2v) is 11.0. The molecule has 0 aliphatic carbocycles. The van der Waals surface area contributed by atoms with Crippen LogP contribution in [0.5, 0.6) is 0 Å². The third kappa shape index (κ3) is 5.15. The molecule has 7 heteroatoms. The van der Waals surface area contributed by atoms with E-state index in [1.54, 1.807) is 30.2 Å². The number of hydrogen-bond donors (Lipinski definition) is 2. The molecule has 1 unspecified atom stereocenters. The summed E-state index contributed by atoms with van der Waals surface area (Å²) < 4.78 is 3.45. The van der Waals surface area contributed by atoms with Gasteiger partial charge in [-0.05, 0) is 64.5 Å². The standard InChI is InChI=1S/C32H33ClN4O2/c1-21(2)17-34-18-22-8-10-24(11-9-22)32(39,30-19-35-20-36(30)3)25-12-13-29-28(15-25)27(16-31(38)37(29)4)23-6-5-7-26(33)14-23/h5-16,19-21,34,39H,17-18H2,1-4H3. The molecule has 0 bridgehead atoms. The number of rotatable bonds is 8. The quantitative estimate of drug-likeness (QED) is 0.268. The van der Waals surface area contributed by atoms with Crippen molar-refractivity contribution in [1.29, 1.82) is 0 Å². The van der Waals surface area contributed by atoms with Crippen LogP contribution in [0, 0.1) is 5.92 Å². The summed E-state index contributed by atoms with van der Waals surface area (Å²) in [5.74, 6) is 0.573. The fourth-order valence-corrected chi connectivity index (χ4v) is 5.31. The molecule has 2 N–H and O–H groups in total. The SMILES string of the molecule is CC(C)CNCc1ccc(C(O)(c2ccc3c(c2)c(-c2cccc(Cl)c2)cc(=O)n3C)c2cncn2C)cc1. The van der Waals surface area contributed by atoms with E-state index in [-0.39, 0.29) is 5.56 Å². The van der Waals surface area contributed by atoms with Gasteiger partial charge in [-0.3, -0.25) is 4.79 Å². The molecule has 2 aromatic heterocycles. The van der Waals surface area contributed by atoms with Crippen LogP contribution in [0.2, 0.25) is 5.02 Å². The number of aryl methyl sites for hydroxylation is 2. The molecule has 0 radical (unpaired) electrons. The minimum absolute atomic E-state index is 0.117. The largest absolute Gasteiger partial charge is 0.374 e. The molecule has 0 fully saturated rings. The Morgan fingerprint density at radius 3 is 2.41 bits per heavy atom. The van der Waals surface area contributed by atoms with Crippen molar-refractivity contribution in [2.45, 2.75) is 26.0 Å². The summed E-state index contributed by atoms with van der Waals surface area (Å²) in [6, 6.07) is 22.9. The first kappa shape index (κ1) is 26.9. The number of aliphatic hydroxyl groups is 1. The van der Waals surface area contributed by atoms with Gasteiger partial charge in [0.2, 0.25) is 0 Å². The minimum atomic E-state index is -1.48. The Labute approximate surface area is 233 Å². The van der Waals surface area contributed by atoms with Crippen molar-refractivity contribution in [3.05, 3.63) is 123 Å². The number of hydrogen-bond acceptors (Lipinski definition) is 4. The van der Waals surface area contributed by atoms with Gasteiger partial charge in [0.05, 0.1) is 23.7 Å². The number of nitrogens with one attached hydrogen (secondary N) is 1. The molecule has 1 atom stereocenters. The van der Waals surface area contributed by atoms with Crippen LogP contribution in [0.3, 0.4) is 0 Å². The van der Waals surface area contributed by atoms with E-state index in [1.165, 1.54) is 0 Å². The number of imidazole rings is 1. The maximum absolute atomic E-state index is 12.9. The molecular weight excluding hydrogens is 508 g/mol. The molecule has 0 spiro atoms. The molecule has 3 aromatic carbocycles. The van der Waals surface area contributed by atoms with Gasteiger partial charge < -0.3 is 19.6 Å². The van der Waals surface area contributed by atoms with Crippen LogP contribution in [0.4, 0.5) is 0 Å². The zero-order valence-corrected chi connectivity index (χ0v) is 23.4. The van der Waals surface area contributed by atoms with E-state index in [2.05, 4.69) is 24.1 Å². The first-order valence-corrected chi connectivity index (χ1v) is 13.5. The Morgan fingerprint density at radius 1 is 1.00 bits per heavy atom. The number of fused-ring (bicyclic) bond motifs is 1. The molecule has 0 saturated carbocycles. The molecule has 0 aliphatic heterocycles. The fourth-order valence-electron chi connectivity index (χ4n) is 5.12. The molecule has 200 valence electrons. The van der Waals surface area contributed by atoms with E-state index < -0.39 is 5.60 Å². The van der Waals surface area contributed by atoms with Gasteiger partial charge in [-0.1, -0.05) is 67.9 Å². The lowest BCUT2D eigenvalue weighted by Gasteiger charge is -2.30. The number of halogens is 1. The Hall–Kier alpha value is -3.71. The van der Waals surface area contributed by atoms with E-state index in [4.69, 9.17) is 11.6 Å². The average Bonchev–Trinajstić information content (AvgIpc) is 3.36. The normalized spacial score (nSPS) is 13.2. The molecular formula is C32H33ClN4O2. The number of aromatic nitrogens is 3. The maximum atomic E-state index is 12.9. The second kappa shape index (κ2) is 10.8. The van der Waals surface area contributed by atoms with E-state index in [9.17, 15) is 9.90 Å². The van der Waals surface area contributed by atoms with Crippen molar-refractivity contribution >= 4 is 22.5 Å². The van der Waals surface area contributed by atoms with Crippen LogP contribution < -0.4 is 10.9 Å². The predicted molar refractivity (Wildman–Crippen MR) is 158 cm³/mol. The van der Waals surface area contributed by atoms with Gasteiger partial charge in [-0.25, -0.2) is 4.98 Å². The molecule has 5 aromatic rings. The molecule has 0 aliphatic rings. The van der Waals surface area contributed by atoms with Crippen molar-refractivity contribution in [1.82, 2.24) is 19.4 Å². The van der Waals surface area contributed by atoms with E-state index in [0.29, 0.717) is 22.2 Å². The smallest absolute Gasteiger partial charge is 0.251 e. The average molecular weight is 541 g/mol. The predicted octanol–water partition coefficient (Wildman–Crippen LogP) is 5.62. The summed E-state index contributed by atoms with van der Waals surface area (Å²) in [5.41, 5.74) is 3.95. The van der Waals surface area contributed by atoms with Crippen molar-refractivity contribution in [2.75, 3.05) is 6.54 Å². The molecule has 39 heavy (non-hydrogen) atoms. The van der Waals surface area contributed by atoms with Crippen LogP contribution in [0.1, 0.15) is 36.2 Å². The van der Waals surface area contributed by atoms with Crippen LogP contribution >= 0.6 is 11.6 Å². The maximum Gasteiger partial charge on any atom is 0.251 e. The van der Waals surface area contributed by atoms with Crippen molar-refractivity contribution in [2.24, 2.45) is 20.0 Å². The summed E-state index contributed by atoms with van der Waals surface area (Å²) in [4.78, 5) is 17.2. The third-order valence-electron chi connectivity index (χ3n) is 7.24. The van der Waals surface area contributed by atoms with Gasteiger partial charge in [-0.2, -0.15) is 0 Å². The Kier molecular flexibility index (Phi) is 7.45. The monoisotopic (exact) mass is 540 g/mol. The van der Waals surface area contributed by atoms with Crippen LogP contribution in [-0.2, 0) is 26.2 Å². The van der Waals surface area contributed by atoms with E-state index in [1.807, 2.05) is 78.3 Å². The highest BCUT2D eigenvalue weighted by Crippen LogP contribution is 2.39. The third-order valence-corrected chi connectivity index (χ3v) is 7.48. The number of pyridine rings is 1. The topological polar surface area (TPSA) is 72.1 Å². The Morgan fingerprint density at radius 2 is 1.74 bits per heavy atom. The van der Waals surface area contributed by atoms with Gasteiger partial charge in [0, 0.05) is 37.1 Å². The lowest BCUT2D eigenvalue weighted by Crippen LogP contribution is -2.31. The fraction of sp³-hybridized carbons (Fsp3) is 0.250. The Bertz CT molecular complexity index is 1690. The van der Waals surface area contributed by atoms with Crippen molar-refractivity contribution < 1.29 is 5.11 Å². The second-order valence-electron chi connectivity index (χ2n) is 10.5. The highest BCUT2D eigenvalue weighted by atomic mass is 35.5. The lowest BCUT2D eigenvalue weighted by atomic mass is 9.82. The zero-order chi connectivity index (χ0) is 27.7. The molecule has 5 rings (SSSR count). The molecule has 6 nitrogen and oxygen atoms in total. The summed E-state index contributed by atoms with van der Waals surface area (Å²) in [7, 11) is 3.63. The van der Waals surface area contributed by atoms with Gasteiger partial charge in [0.25, 0.3) is 5.56 Å².